The third kappa shape index (κ3) is 4.07. The van der Waals surface area contributed by atoms with Crippen LogP contribution in [-0.4, -0.2) is 41.9 Å². The van der Waals surface area contributed by atoms with Crippen molar-refractivity contribution in [1.82, 2.24) is 0 Å². The van der Waals surface area contributed by atoms with Gasteiger partial charge in [-0.15, -0.1) is 0 Å². The molecule has 15 heavy (non-hydrogen) atoms. The van der Waals surface area contributed by atoms with Crippen molar-refractivity contribution in [2.24, 2.45) is 5.92 Å². The molecule has 1 heterocycles. The Hall–Kier alpha value is -0.160. The van der Waals surface area contributed by atoms with Crippen LogP contribution in [0.5, 0.6) is 0 Å². The maximum atomic E-state index is 9.62. The van der Waals surface area contributed by atoms with Crippen molar-refractivity contribution in [3.8, 4) is 0 Å². The second kappa shape index (κ2) is 8.05. The van der Waals surface area contributed by atoms with Gasteiger partial charge in [-0.25, -0.2) is 0 Å². The minimum atomic E-state index is -0.622. The molecule has 0 aromatic rings. The van der Waals surface area contributed by atoms with Gasteiger partial charge in [0.25, 0.3) is 0 Å². The molecule has 0 radical (unpaired) electrons. The normalized spacial score (nSPS) is 34.8. The fourth-order valence-corrected chi connectivity index (χ4v) is 1.43. The van der Waals surface area contributed by atoms with E-state index in [1.165, 1.54) is 0 Å². The standard InChI is InChI=1S/C9H18O4.C2H6/c1-3-4-12-9-8(11)6(2)7(5-10)13-9;1-2/h6-11H,3-5H2,1-2H3;1-2H3. The van der Waals surface area contributed by atoms with Gasteiger partial charge >= 0.3 is 0 Å². The molecule has 0 spiro atoms. The quantitative estimate of drug-likeness (QED) is 0.746. The molecule has 92 valence electrons. The highest BCUT2D eigenvalue weighted by Gasteiger charge is 2.40. The minimum absolute atomic E-state index is 0.0631. The molecule has 1 rings (SSSR count). The molecule has 0 saturated carbocycles. The summed E-state index contributed by atoms with van der Waals surface area (Å²) >= 11 is 0. The number of aliphatic hydroxyl groups excluding tert-OH is 2. The minimum Gasteiger partial charge on any atom is -0.394 e. The zero-order valence-electron chi connectivity index (χ0n) is 10.1. The summed E-state index contributed by atoms with van der Waals surface area (Å²) in [6.07, 6.45) is -0.585. The van der Waals surface area contributed by atoms with Gasteiger partial charge in [-0.2, -0.15) is 0 Å². The molecule has 1 fully saturated rings. The molecule has 4 nitrogen and oxygen atoms in total. The van der Waals surface area contributed by atoms with Crippen molar-refractivity contribution >= 4 is 0 Å². The molecule has 1 saturated heterocycles. The van der Waals surface area contributed by atoms with Crippen molar-refractivity contribution in [2.75, 3.05) is 13.2 Å². The molecule has 1 aliphatic heterocycles. The van der Waals surface area contributed by atoms with Crippen molar-refractivity contribution in [1.29, 1.82) is 0 Å². The summed E-state index contributed by atoms with van der Waals surface area (Å²) in [4.78, 5) is 0. The Morgan fingerprint density at radius 1 is 1.33 bits per heavy atom. The fraction of sp³-hybridized carbons (Fsp3) is 1.00. The highest BCUT2D eigenvalue weighted by atomic mass is 16.7. The summed E-state index contributed by atoms with van der Waals surface area (Å²) in [5.74, 6) is -0.0631. The summed E-state index contributed by atoms with van der Waals surface area (Å²) in [5.41, 5.74) is 0. The van der Waals surface area contributed by atoms with Gasteiger partial charge in [0.05, 0.1) is 12.7 Å². The van der Waals surface area contributed by atoms with Gasteiger partial charge in [-0.1, -0.05) is 27.7 Å². The molecule has 0 aromatic heterocycles. The summed E-state index contributed by atoms with van der Waals surface area (Å²) in [6, 6.07) is 0. The monoisotopic (exact) mass is 220 g/mol. The molecule has 4 heteroatoms. The van der Waals surface area contributed by atoms with Crippen molar-refractivity contribution < 1.29 is 19.7 Å². The molecule has 0 aromatic carbocycles. The molecular weight excluding hydrogens is 196 g/mol. The first-order chi connectivity index (χ1) is 7.20. The third-order valence-corrected chi connectivity index (χ3v) is 2.38. The topological polar surface area (TPSA) is 58.9 Å². The van der Waals surface area contributed by atoms with Crippen LogP contribution < -0.4 is 0 Å². The molecule has 0 bridgehead atoms. The molecular formula is C11H24O4. The lowest BCUT2D eigenvalue weighted by Crippen LogP contribution is -2.28. The first kappa shape index (κ1) is 14.8. The lowest BCUT2D eigenvalue weighted by Gasteiger charge is -2.14. The van der Waals surface area contributed by atoms with E-state index >= 15 is 0 Å². The van der Waals surface area contributed by atoms with Crippen LogP contribution in [0.2, 0.25) is 0 Å². The van der Waals surface area contributed by atoms with E-state index in [4.69, 9.17) is 14.6 Å². The molecule has 2 N–H and O–H groups in total. The average molecular weight is 220 g/mol. The Morgan fingerprint density at radius 2 is 1.93 bits per heavy atom. The Morgan fingerprint density at radius 3 is 2.33 bits per heavy atom. The first-order valence-electron chi connectivity index (χ1n) is 5.76. The van der Waals surface area contributed by atoms with Crippen LogP contribution in [0.1, 0.15) is 34.1 Å². The zero-order chi connectivity index (χ0) is 11.8. The SMILES string of the molecule is CC.CCCOC1OC(CO)C(C)C1O. The summed E-state index contributed by atoms with van der Waals surface area (Å²) in [7, 11) is 0. The maximum absolute atomic E-state index is 9.62. The highest BCUT2D eigenvalue weighted by Crippen LogP contribution is 2.27. The molecule has 0 aliphatic carbocycles. The van der Waals surface area contributed by atoms with Crippen molar-refractivity contribution in [3.05, 3.63) is 0 Å². The zero-order valence-corrected chi connectivity index (χ0v) is 10.1. The number of rotatable bonds is 4. The van der Waals surface area contributed by atoms with Crippen LogP contribution in [0.15, 0.2) is 0 Å². The van der Waals surface area contributed by atoms with Crippen LogP contribution in [0.3, 0.4) is 0 Å². The molecule has 4 unspecified atom stereocenters. The Kier molecular flexibility index (Phi) is 7.96. The van der Waals surface area contributed by atoms with Crippen LogP contribution in [-0.2, 0) is 9.47 Å². The van der Waals surface area contributed by atoms with Gasteiger partial charge in [0.15, 0.2) is 6.29 Å². The van der Waals surface area contributed by atoms with E-state index in [0.717, 1.165) is 6.42 Å². The Bertz CT molecular complexity index is 152. The van der Waals surface area contributed by atoms with Gasteiger partial charge < -0.3 is 19.7 Å². The summed E-state index contributed by atoms with van der Waals surface area (Å²) in [6.45, 7) is 8.35. The van der Waals surface area contributed by atoms with E-state index in [1.807, 2.05) is 27.7 Å². The van der Waals surface area contributed by atoms with Gasteiger partial charge in [0.2, 0.25) is 0 Å². The Balaban J connectivity index is 0.000000921. The van der Waals surface area contributed by atoms with E-state index in [0.29, 0.717) is 6.61 Å². The average Bonchev–Trinajstić information content (AvgIpc) is 2.56. The smallest absolute Gasteiger partial charge is 0.184 e. The van der Waals surface area contributed by atoms with Crippen molar-refractivity contribution in [2.45, 2.75) is 52.6 Å². The predicted molar refractivity (Wildman–Crippen MR) is 58.5 cm³/mol. The molecule has 0 amide bonds. The van der Waals surface area contributed by atoms with Crippen LogP contribution >= 0.6 is 0 Å². The highest BCUT2D eigenvalue weighted by molar-refractivity contribution is 4.83. The van der Waals surface area contributed by atoms with E-state index < -0.39 is 12.4 Å². The summed E-state index contributed by atoms with van der Waals surface area (Å²) in [5, 5.41) is 18.5. The molecule has 4 atom stereocenters. The lowest BCUT2D eigenvalue weighted by atomic mass is 10.0. The van der Waals surface area contributed by atoms with E-state index in [9.17, 15) is 5.11 Å². The van der Waals surface area contributed by atoms with Gasteiger partial charge in [0.1, 0.15) is 6.10 Å². The summed E-state index contributed by atoms with van der Waals surface area (Å²) < 4.78 is 10.6. The van der Waals surface area contributed by atoms with Gasteiger partial charge in [0, 0.05) is 12.5 Å². The fourth-order valence-electron chi connectivity index (χ4n) is 1.43. The van der Waals surface area contributed by atoms with Gasteiger partial charge in [-0.05, 0) is 6.42 Å². The first-order valence-corrected chi connectivity index (χ1v) is 5.76. The third-order valence-electron chi connectivity index (χ3n) is 2.38. The van der Waals surface area contributed by atoms with Crippen LogP contribution in [0, 0.1) is 5.92 Å². The predicted octanol–water partition coefficient (Wildman–Crippen LogP) is 1.15. The van der Waals surface area contributed by atoms with Crippen LogP contribution in [0.25, 0.3) is 0 Å². The van der Waals surface area contributed by atoms with Crippen molar-refractivity contribution in [3.63, 3.8) is 0 Å². The number of hydrogen-bond donors (Lipinski definition) is 2. The second-order valence-electron chi connectivity index (χ2n) is 3.45. The van der Waals surface area contributed by atoms with E-state index in [2.05, 4.69) is 0 Å². The maximum Gasteiger partial charge on any atom is 0.184 e. The Labute approximate surface area is 92.2 Å². The molecule has 1 aliphatic rings. The number of ether oxygens (including phenoxy) is 2. The lowest BCUT2D eigenvalue weighted by molar-refractivity contribution is -0.169. The second-order valence-corrected chi connectivity index (χ2v) is 3.45. The van der Waals surface area contributed by atoms with Gasteiger partial charge in [-0.3, -0.25) is 0 Å². The largest absolute Gasteiger partial charge is 0.394 e. The van der Waals surface area contributed by atoms with Crippen LogP contribution in [0.4, 0.5) is 0 Å². The van der Waals surface area contributed by atoms with E-state index in [-0.39, 0.29) is 18.6 Å². The number of hydrogen-bond acceptors (Lipinski definition) is 4. The number of aliphatic hydroxyl groups is 2. The van der Waals surface area contributed by atoms with E-state index in [1.54, 1.807) is 0 Å².